The Hall–Kier alpha value is -1.88. The van der Waals surface area contributed by atoms with Gasteiger partial charge >= 0.3 is 5.97 Å². The standard InChI is InChI=1S/C15H22N2O3/c1-15(2,3)13(14(19)20)17-12(18)8-10-6-4-5-7-11(10)9-16/h4-7,13H,8-9,16H2,1-3H3,(H,17,18)(H,19,20)/t13-/m1/s1. The topological polar surface area (TPSA) is 92.4 Å². The molecule has 0 heterocycles. The third kappa shape index (κ3) is 4.35. The van der Waals surface area contributed by atoms with E-state index in [0.717, 1.165) is 11.1 Å². The molecule has 110 valence electrons. The van der Waals surface area contributed by atoms with Crippen molar-refractivity contribution in [1.82, 2.24) is 5.32 Å². The Labute approximate surface area is 119 Å². The summed E-state index contributed by atoms with van der Waals surface area (Å²) >= 11 is 0. The first-order chi connectivity index (χ1) is 9.25. The van der Waals surface area contributed by atoms with E-state index >= 15 is 0 Å². The Balaban J connectivity index is 2.79. The normalized spacial score (nSPS) is 12.8. The molecule has 1 aromatic carbocycles. The Morgan fingerprint density at radius 2 is 1.80 bits per heavy atom. The molecule has 0 spiro atoms. The monoisotopic (exact) mass is 278 g/mol. The minimum Gasteiger partial charge on any atom is -0.480 e. The van der Waals surface area contributed by atoms with E-state index < -0.39 is 17.4 Å². The smallest absolute Gasteiger partial charge is 0.326 e. The summed E-state index contributed by atoms with van der Waals surface area (Å²) in [6, 6.07) is 6.47. The highest BCUT2D eigenvalue weighted by Gasteiger charge is 2.32. The number of hydrogen-bond donors (Lipinski definition) is 3. The van der Waals surface area contributed by atoms with Crippen LogP contribution in [0.5, 0.6) is 0 Å². The first-order valence-electron chi connectivity index (χ1n) is 6.54. The maximum absolute atomic E-state index is 12.0. The van der Waals surface area contributed by atoms with Gasteiger partial charge in [0.1, 0.15) is 6.04 Å². The van der Waals surface area contributed by atoms with Crippen LogP contribution in [0.2, 0.25) is 0 Å². The molecule has 1 aromatic rings. The van der Waals surface area contributed by atoms with Gasteiger partial charge in [-0.25, -0.2) is 4.79 Å². The second kappa shape index (κ2) is 6.52. The van der Waals surface area contributed by atoms with Crippen molar-refractivity contribution < 1.29 is 14.7 Å². The zero-order chi connectivity index (χ0) is 15.3. The molecule has 1 rings (SSSR count). The Kier molecular flexibility index (Phi) is 5.27. The highest BCUT2D eigenvalue weighted by Crippen LogP contribution is 2.19. The first-order valence-corrected chi connectivity index (χ1v) is 6.54. The van der Waals surface area contributed by atoms with Crippen LogP contribution in [0.3, 0.4) is 0 Å². The highest BCUT2D eigenvalue weighted by atomic mass is 16.4. The molecule has 0 aliphatic rings. The van der Waals surface area contributed by atoms with Crippen molar-refractivity contribution >= 4 is 11.9 Å². The molecule has 0 unspecified atom stereocenters. The number of nitrogens with one attached hydrogen (secondary N) is 1. The van der Waals surface area contributed by atoms with E-state index in [9.17, 15) is 14.7 Å². The molecule has 0 aliphatic carbocycles. The molecule has 0 aromatic heterocycles. The van der Waals surface area contributed by atoms with E-state index in [1.54, 1.807) is 20.8 Å². The molecule has 20 heavy (non-hydrogen) atoms. The van der Waals surface area contributed by atoms with E-state index in [1.807, 2.05) is 24.3 Å². The van der Waals surface area contributed by atoms with Crippen molar-refractivity contribution in [2.45, 2.75) is 39.8 Å². The SMILES string of the molecule is CC(C)(C)[C@H](NC(=O)Cc1ccccc1CN)C(=O)O. The van der Waals surface area contributed by atoms with Gasteiger partial charge in [0.15, 0.2) is 0 Å². The van der Waals surface area contributed by atoms with Crippen LogP contribution in [0.25, 0.3) is 0 Å². The van der Waals surface area contributed by atoms with Crippen LogP contribution in [0.15, 0.2) is 24.3 Å². The molecule has 5 nitrogen and oxygen atoms in total. The van der Waals surface area contributed by atoms with Gasteiger partial charge in [-0.2, -0.15) is 0 Å². The molecule has 4 N–H and O–H groups in total. The summed E-state index contributed by atoms with van der Waals surface area (Å²) in [5.74, 6) is -1.34. The number of benzene rings is 1. The molecule has 0 radical (unpaired) electrons. The lowest BCUT2D eigenvalue weighted by molar-refractivity contribution is -0.144. The average Bonchev–Trinajstić information content (AvgIpc) is 2.35. The van der Waals surface area contributed by atoms with Gasteiger partial charge in [-0.15, -0.1) is 0 Å². The molecule has 5 heteroatoms. The lowest BCUT2D eigenvalue weighted by atomic mass is 9.86. The maximum atomic E-state index is 12.0. The predicted octanol–water partition coefficient (Wildman–Crippen LogP) is 1.30. The van der Waals surface area contributed by atoms with E-state index in [-0.39, 0.29) is 12.3 Å². The largest absolute Gasteiger partial charge is 0.480 e. The number of carboxylic acid groups (broad SMARTS) is 1. The molecule has 1 atom stereocenters. The second-order valence-electron chi connectivity index (χ2n) is 5.85. The minimum atomic E-state index is -1.03. The van der Waals surface area contributed by atoms with E-state index in [1.165, 1.54) is 0 Å². The van der Waals surface area contributed by atoms with Crippen molar-refractivity contribution in [3.63, 3.8) is 0 Å². The van der Waals surface area contributed by atoms with Crippen molar-refractivity contribution in [2.24, 2.45) is 11.1 Å². The van der Waals surface area contributed by atoms with E-state index in [2.05, 4.69) is 5.32 Å². The van der Waals surface area contributed by atoms with Gasteiger partial charge in [0.2, 0.25) is 5.91 Å². The number of aliphatic carboxylic acids is 1. The number of amides is 1. The van der Waals surface area contributed by atoms with Gasteiger partial charge in [-0.3, -0.25) is 4.79 Å². The fourth-order valence-electron chi connectivity index (χ4n) is 1.96. The van der Waals surface area contributed by atoms with Crippen LogP contribution >= 0.6 is 0 Å². The number of carbonyl (C=O) groups is 2. The first kappa shape index (κ1) is 16.2. The van der Waals surface area contributed by atoms with Gasteiger partial charge in [-0.1, -0.05) is 45.0 Å². The van der Waals surface area contributed by atoms with Crippen LogP contribution < -0.4 is 11.1 Å². The molecule has 0 saturated heterocycles. The summed E-state index contributed by atoms with van der Waals surface area (Å²) < 4.78 is 0. The van der Waals surface area contributed by atoms with Crippen molar-refractivity contribution in [2.75, 3.05) is 0 Å². The third-order valence-electron chi connectivity index (χ3n) is 3.11. The molecule has 0 fully saturated rings. The molecular formula is C15H22N2O3. The van der Waals surface area contributed by atoms with Gasteiger partial charge in [-0.05, 0) is 16.5 Å². The van der Waals surface area contributed by atoms with Crippen LogP contribution in [0.4, 0.5) is 0 Å². The predicted molar refractivity (Wildman–Crippen MR) is 77.1 cm³/mol. The lowest BCUT2D eigenvalue weighted by Gasteiger charge is -2.27. The van der Waals surface area contributed by atoms with E-state index in [0.29, 0.717) is 6.54 Å². The summed E-state index contributed by atoms with van der Waals surface area (Å²) in [4.78, 5) is 23.2. The van der Waals surface area contributed by atoms with Crippen molar-refractivity contribution in [1.29, 1.82) is 0 Å². The average molecular weight is 278 g/mol. The molecule has 0 bridgehead atoms. The summed E-state index contributed by atoms with van der Waals surface area (Å²) in [7, 11) is 0. The Morgan fingerprint density at radius 1 is 1.25 bits per heavy atom. The van der Waals surface area contributed by atoms with Gasteiger partial charge in [0, 0.05) is 6.54 Å². The van der Waals surface area contributed by atoms with Gasteiger partial charge in [0.25, 0.3) is 0 Å². The molecule has 0 saturated carbocycles. The summed E-state index contributed by atoms with van der Waals surface area (Å²) in [5.41, 5.74) is 6.79. The fraction of sp³-hybridized carbons (Fsp3) is 0.467. The zero-order valence-electron chi connectivity index (χ0n) is 12.1. The fourth-order valence-corrected chi connectivity index (χ4v) is 1.96. The summed E-state index contributed by atoms with van der Waals surface area (Å²) in [6.07, 6.45) is 0.132. The van der Waals surface area contributed by atoms with Crippen LogP contribution in [-0.2, 0) is 22.6 Å². The van der Waals surface area contributed by atoms with Crippen LogP contribution in [0, 0.1) is 5.41 Å². The quantitative estimate of drug-likeness (QED) is 0.757. The molecular weight excluding hydrogens is 256 g/mol. The molecule has 1 amide bonds. The lowest BCUT2D eigenvalue weighted by Crippen LogP contribution is -2.49. The van der Waals surface area contributed by atoms with Gasteiger partial charge in [0.05, 0.1) is 6.42 Å². The van der Waals surface area contributed by atoms with Crippen molar-refractivity contribution in [3.8, 4) is 0 Å². The second-order valence-corrected chi connectivity index (χ2v) is 5.85. The summed E-state index contributed by atoms with van der Waals surface area (Å²) in [6.45, 7) is 5.69. The highest BCUT2D eigenvalue weighted by molar-refractivity contribution is 5.85. The Bertz CT molecular complexity index is 492. The van der Waals surface area contributed by atoms with E-state index in [4.69, 9.17) is 5.73 Å². The van der Waals surface area contributed by atoms with Crippen molar-refractivity contribution in [3.05, 3.63) is 35.4 Å². The summed E-state index contributed by atoms with van der Waals surface area (Å²) in [5, 5.41) is 11.8. The number of hydrogen-bond acceptors (Lipinski definition) is 3. The zero-order valence-corrected chi connectivity index (χ0v) is 12.1. The number of rotatable bonds is 5. The van der Waals surface area contributed by atoms with Gasteiger partial charge < -0.3 is 16.2 Å². The minimum absolute atomic E-state index is 0.132. The number of carbonyl (C=O) groups excluding carboxylic acids is 1. The third-order valence-corrected chi connectivity index (χ3v) is 3.11. The number of nitrogens with two attached hydrogens (primary N) is 1. The van der Waals surface area contributed by atoms with Crippen LogP contribution in [-0.4, -0.2) is 23.0 Å². The molecule has 0 aliphatic heterocycles. The van der Waals surface area contributed by atoms with Crippen LogP contribution in [0.1, 0.15) is 31.9 Å². The Morgan fingerprint density at radius 3 is 2.25 bits per heavy atom. The number of carboxylic acids is 1. The maximum Gasteiger partial charge on any atom is 0.326 e.